The minimum Gasteiger partial charge on any atom is -0.344 e. The fourth-order valence-electron chi connectivity index (χ4n) is 2.30. The number of carbonyl (C=O) groups is 1. The lowest BCUT2D eigenvalue weighted by molar-refractivity contribution is -0.149. The molecule has 0 N–H and O–H groups in total. The minimum absolute atomic E-state index is 0.124. The third-order valence-corrected chi connectivity index (χ3v) is 3.30. The van der Waals surface area contributed by atoms with Gasteiger partial charge in [-0.15, -0.1) is 0 Å². The van der Waals surface area contributed by atoms with Crippen LogP contribution >= 0.6 is 11.6 Å². The van der Waals surface area contributed by atoms with Crippen LogP contribution in [0.4, 0.5) is 0 Å². The Labute approximate surface area is 121 Å². The first-order valence-corrected chi connectivity index (χ1v) is 7.29. The van der Waals surface area contributed by atoms with Crippen molar-refractivity contribution in [3.63, 3.8) is 0 Å². The first kappa shape index (κ1) is 16.7. The molecule has 0 aromatic rings. The van der Waals surface area contributed by atoms with E-state index in [2.05, 4.69) is 32.9 Å². The van der Waals surface area contributed by atoms with Crippen LogP contribution in [-0.2, 0) is 14.3 Å². The Morgan fingerprint density at radius 3 is 2.47 bits per heavy atom. The van der Waals surface area contributed by atoms with Crippen LogP contribution in [0.5, 0.6) is 0 Å². The van der Waals surface area contributed by atoms with E-state index in [1.807, 2.05) is 13.8 Å². The predicted octanol–water partition coefficient (Wildman–Crippen LogP) is 3.90. The first-order chi connectivity index (χ1) is 8.71. The molecule has 1 fully saturated rings. The lowest BCUT2D eigenvalue weighted by Gasteiger charge is -2.20. The van der Waals surface area contributed by atoms with E-state index in [0.717, 1.165) is 6.42 Å². The Hall–Kier alpha value is -0.380. The van der Waals surface area contributed by atoms with Gasteiger partial charge >= 0.3 is 0 Å². The predicted molar refractivity (Wildman–Crippen MR) is 77.1 cm³/mol. The molecule has 1 heterocycles. The molecule has 110 valence electrons. The highest BCUT2D eigenvalue weighted by atomic mass is 35.5. The molecule has 0 aromatic heterocycles. The Kier molecular flexibility index (Phi) is 6.03. The zero-order valence-electron chi connectivity index (χ0n) is 12.5. The van der Waals surface area contributed by atoms with E-state index >= 15 is 0 Å². The molecule has 0 aromatic carbocycles. The lowest BCUT2D eigenvalue weighted by Crippen LogP contribution is -2.29. The number of halogens is 1. The molecule has 3 nitrogen and oxygen atoms in total. The van der Waals surface area contributed by atoms with E-state index in [0.29, 0.717) is 5.92 Å². The van der Waals surface area contributed by atoms with Gasteiger partial charge in [0.2, 0.25) is 5.24 Å². The number of rotatable bonds is 6. The number of hydrogen-bond donors (Lipinski definition) is 0. The second kappa shape index (κ2) is 6.87. The van der Waals surface area contributed by atoms with Crippen molar-refractivity contribution in [2.75, 3.05) is 0 Å². The summed E-state index contributed by atoms with van der Waals surface area (Å²) in [5.74, 6) is 0.185. The Bertz CT molecular complexity index is 336. The topological polar surface area (TPSA) is 35.5 Å². The number of hydrogen-bond acceptors (Lipinski definition) is 3. The average molecular weight is 289 g/mol. The molecular formula is C15H25ClO3. The third kappa shape index (κ3) is 5.64. The van der Waals surface area contributed by atoms with Crippen molar-refractivity contribution in [3.05, 3.63) is 12.2 Å². The van der Waals surface area contributed by atoms with Gasteiger partial charge in [-0.1, -0.05) is 32.9 Å². The number of allylic oxidation sites excluding steroid dienone is 1. The molecule has 1 unspecified atom stereocenters. The molecule has 0 spiro atoms. The van der Waals surface area contributed by atoms with Gasteiger partial charge in [-0.2, -0.15) is 0 Å². The van der Waals surface area contributed by atoms with Crippen molar-refractivity contribution in [1.82, 2.24) is 0 Å². The monoisotopic (exact) mass is 288 g/mol. The van der Waals surface area contributed by atoms with E-state index in [1.165, 1.54) is 0 Å². The maximum atomic E-state index is 11.1. The summed E-state index contributed by atoms with van der Waals surface area (Å²) in [4.78, 5) is 11.1. The molecule has 0 saturated carbocycles. The molecule has 4 heteroatoms. The highest BCUT2D eigenvalue weighted by molar-refractivity contribution is 6.63. The summed E-state index contributed by atoms with van der Waals surface area (Å²) in [5.41, 5.74) is 0. The quantitative estimate of drug-likeness (QED) is 0.549. The molecule has 19 heavy (non-hydrogen) atoms. The molecule has 0 aliphatic carbocycles. The maximum Gasteiger partial charge on any atom is 0.224 e. The van der Waals surface area contributed by atoms with Crippen molar-refractivity contribution in [1.29, 1.82) is 0 Å². The van der Waals surface area contributed by atoms with E-state index < -0.39 is 5.79 Å². The van der Waals surface area contributed by atoms with Gasteiger partial charge in [0.05, 0.1) is 18.6 Å². The van der Waals surface area contributed by atoms with Crippen LogP contribution in [0, 0.1) is 11.8 Å². The minimum atomic E-state index is -0.651. The summed E-state index contributed by atoms with van der Waals surface area (Å²) in [7, 11) is 0. The summed E-state index contributed by atoms with van der Waals surface area (Å²) < 4.78 is 11.7. The van der Waals surface area contributed by atoms with Crippen molar-refractivity contribution >= 4 is 16.8 Å². The fraction of sp³-hybridized carbons (Fsp3) is 0.800. The summed E-state index contributed by atoms with van der Waals surface area (Å²) in [5, 5.41) is -0.380. The molecule has 1 saturated heterocycles. The van der Waals surface area contributed by atoms with Crippen LogP contribution in [0.25, 0.3) is 0 Å². The Balaban J connectivity index is 2.66. The van der Waals surface area contributed by atoms with Gasteiger partial charge in [-0.25, -0.2) is 0 Å². The second-order valence-corrected chi connectivity index (χ2v) is 6.54. The zero-order chi connectivity index (χ0) is 14.6. The van der Waals surface area contributed by atoms with Gasteiger partial charge in [0.15, 0.2) is 5.79 Å². The Morgan fingerprint density at radius 2 is 1.95 bits per heavy atom. The highest BCUT2D eigenvalue weighted by Gasteiger charge is 2.43. The van der Waals surface area contributed by atoms with Gasteiger partial charge in [0, 0.05) is 5.92 Å². The molecule has 1 aliphatic heterocycles. The molecule has 1 rings (SSSR count). The smallest absolute Gasteiger partial charge is 0.224 e. The molecular weight excluding hydrogens is 264 g/mol. The summed E-state index contributed by atoms with van der Waals surface area (Å²) in [6.45, 7) is 10.2. The van der Waals surface area contributed by atoms with E-state index in [1.54, 1.807) is 0 Å². The highest BCUT2D eigenvalue weighted by Crippen LogP contribution is 2.34. The van der Waals surface area contributed by atoms with E-state index in [4.69, 9.17) is 21.1 Å². The van der Waals surface area contributed by atoms with Crippen LogP contribution in [0.3, 0.4) is 0 Å². The summed E-state index contributed by atoms with van der Waals surface area (Å²) in [6, 6.07) is 0. The number of ether oxygens (including phenoxy) is 2. The largest absolute Gasteiger partial charge is 0.344 e. The van der Waals surface area contributed by atoms with Crippen molar-refractivity contribution < 1.29 is 14.3 Å². The van der Waals surface area contributed by atoms with Gasteiger partial charge in [-0.3, -0.25) is 4.79 Å². The van der Waals surface area contributed by atoms with E-state index in [9.17, 15) is 4.79 Å². The van der Waals surface area contributed by atoms with Gasteiger partial charge in [0.1, 0.15) is 0 Å². The zero-order valence-corrected chi connectivity index (χ0v) is 13.2. The SMILES string of the molecule is CC(C)C/C=C\C(C)[C@H]1OC(C)(C)O[C@H]1CC(=O)Cl. The number of carbonyl (C=O) groups excluding carboxylic acids is 1. The van der Waals surface area contributed by atoms with Gasteiger partial charge in [0.25, 0.3) is 0 Å². The Morgan fingerprint density at radius 1 is 1.32 bits per heavy atom. The molecule has 1 aliphatic rings. The molecule has 3 atom stereocenters. The standard InChI is InChI=1S/C15H25ClO3/c1-10(2)7-6-8-11(3)14-12(9-13(16)17)18-15(4,5)19-14/h6,8,10-12,14H,7,9H2,1-5H3/b8-6-/t11?,12-,14+/m0/s1. The summed E-state index contributed by atoms with van der Waals surface area (Å²) in [6.07, 6.45) is 5.16. The van der Waals surface area contributed by atoms with Crippen LogP contribution in [0.1, 0.15) is 47.5 Å². The van der Waals surface area contributed by atoms with Crippen LogP contribution < -0.4 is 0 Å². The molecule has 0 radical (unpaired) electrons. The van der Waals surface area contributed by atoms with Gasteiger partial charge < -0.3 is 9.47 Å². The maximum absolute atomic E-state index is 11.1. The van der Waals surface area contributed by atoms with E-state index in [-0.39, 0.29) is 29.8 Å². The average Bonchev–Trinajstić information content (AvgIpc) is 2.52. The molecule has 0 bridgehead atoms. The van der Waals surface area contributed by atoms with Crippen LogP contribution in [-0.4, -0.2) is 23.2 Å². The molecule has 0 amide bonds. The normalized spacial score (nSPS) is 28.2. The first-order valence-electron chi connectivity index (χ1n) is 6.92. The fourth-order valence-corrected chi connectivity index (χ4v) is 2.45. The lowest BCUT2D eigenvalue weighted by atomic mass is 9.96. The van der Waals surface area contributed by atoms with Crippen LogP contribution in [0.2, 0.25) is 0 Å². The summed E-state index contributed by atoms with van der Waals surface area (Å²) >= 11 is 5.47. The van der Waals surface area contributed by atoms with Crippen molar-refractivity contribution in [2.24, 2.45) is 11.8 Å². The third-order valence-electron chi connectivity index (χ3n) is 3.15. The van der Waals surface area contributed by atoms with Crippen molar-refractivity contribution in [2.45, 2.75) is 65.5 Å². The van der Waals surface area contributed by atoms with Crippen LogP contribution in [0.15, 0.2) is 12.2 Å². The van der Waals surface area contributed by atoms with Gasteiger partial charge in [-0.05, 0) is 37.8 Å². The van der Waals surface area contributed by atoms with Crippen molar-refractivity contribution in [3.8, 4) is 0 Å². The second-order valence-electron chi connectivity index (χ2n) is 6.11.